The molecule has 26 heavy (non-hydrogen) atoms. The molecular formula is C18H23FN2O5. The number of hydrogen-bond donors (Lipinski definition) is 3. The number of aliphatic carboxylic acids is 1. The van der Waals surface area contributed by atoms with Crippen molar-refractivity contribution in [3.8, 4) is 0 Å². The van der Waals surface area contributed by atoms with Crippen molar-refractivity contribution in [1.29, 1.82) is 0 Å². The van der Waals surface area contributed by atoms with E-state index in [1.165, 1.54) is 6.07 Å². The second-order valence-electron chi connectivity index (χ2n) is 7.15. The number of rotatable bonds is 6. The number of fused-ring (bicyclic) bond motifs is 1. The molecule has 0 spiro atoms. The predicted octanol–water partition coefficient (Wildman–Crippen LogP) is 2.10. The summed E-state index contributed by atoms with van der Waals surface area (Å²) in [6.07, 6.45) is 0.700. The Labute approximate surface area is 150 Å². The number of carboxylic acids is 1. The van der Waals surface area contributed by atoms with Gasteiger partial charge in [-0.05, 0) is 44.9 Å². The molecule has 3 N–H and O–H groups in total. The highest BCUT2D eigenvalue weighted by molar-refractivity contribution is 5.99. The average molecular weight is 366 g/mol. The summed E-state index contributed by atoms with van der Waals surface area (Å²) in [6.45, 7) is 5.65. The first-order valence-electron chi connectivity index (χ1n) is 8.37. The van der Waals surface area contributed by atoms with Gasteiger partial charge in [-0.25, -0.2) is 9.18 Å². The molecule has 1 aliphatic heterocycles. The smallest absolute Gasteiger partial charge is 0.326 e. The minimum Gasteiger partial charge on any atom is -0.480 e. The maximum absolute atomic E-state index is 14.2. The normalized spacial score (nSPS) is 15.0. The minimum absolute atomic E-state index is 0.0565. The van der Waals surface area contributed by atoms with Crippen LogP contribution in [-0.2, 0) is 20.7 Å². The zero-order valence-corrected chi connectivity index (χ0v) is 15.0. The summed E-state index contributed by atoms with van der Waals surface area (Å²) in [4.78, 5) is 35.1. The van der Waals surface area contributed by atoms with E-state index in [4.69, 9.17) is 4.74 Å². The van der Waals surface area contributed by atoms with Gasteiger partial charge in [0.15, 0.2) is 0 Å². The number of carbonyl (C=O) groups is 3. The summed E-state index contributed by atoms with van der Waals surface area (Å²) in [5.41, 5.74) is 0.299. The molecule has 1 unspecified atom stereocenters. The van der Waals surface area contributed by atoms with Crippen LogP contribution in [0.15, 0.2) is 12.1 Å². The van der Waals surface area contributed by atoms with Crippen molar-refractivity contribution < 1.29 is 28.6 Å². The lowest BCUT2D eigenvalue weighted by Crippen LogP contribution is -2.42. The lowest BCUT2D eigenvalue weighted by Gasteiger charge is -2.22. The van der Waals surface area contributed by atoms with E-state index in [2.05, 4.69) is 10.6 Å². The predicted molar refractivity (Wildman–Crippen MR) is 92.6 cm³/mol. The molecule has 0 saturated heterocycles. The van der Waals surface area contributed by atoms with Crippen LogP contribution in [0.25, 0.3) is 0 Å². The van der Waals surface area contributed by atoms with Crippen LogP contribution in [0.5, 0.6) is 0 Å². The first-order chi connectivity index (χ1) is 12.1. The SMILES string of the molecule is CC(C)(C)OCCC(NC(=O)c1cc2c(cc1F)NC(=O)CC2)C(=O)O. The third-order valence-corrected chi connectivity index (χ3v) is 3.88. The van der Waals surface area contributed by atoms with Gasteiger partial charge in [-0.2, -0.15) is 0 Å². The number of benzene rings is 1. The molecule has 1 heterocycles. The molecule has 0 bridgehead atoms. The van der Waals surface area contributed by atoms with Gasteiger partial charge in [0.05, 0.1) is 11.2 Å². The summed E-state index contributed by atoms with van der Waals surface area (Å²) in [5, 5.41) is 14.2. The van der Waals surface area contributed by atoms with Gasteiger partial charge in [0.1, 0.15) is 11.9 Å². The van der Waals surface area contributed by atoms with Crippen molar-refractivity contribution in [2.75, 3.05) is 11.9 Å². The lowest BCUT2D eigenvalue weighted by molar-refractivity contribution is -0.140. The van der Waals surface area contributed by atoms with Crippen LogP contribution in [0.3, 0.4) is 0 Å². The zero-order chi connectivity index (χ0) is 19.5. The van der Waals surface area contributed by atoms with Gasteiger partial charge >= 0.3 is 5.97 Å². The molecule has 0 aromatic heterocycles. The second kappa shape index (κ2) is 7.82. The van der Waals surface area contributed by atoms with Crippen molar-refractivity contribution in [2.24, 2.45) is 0 Å². The molecule has 0 radical (unpaired) electrons. The number of amides is 2. The highest BCUT2D eigenvalue weighted by atomic mass is 19.1. The number of aryl methyl sites for hydroxylation is 1. The van der Waals surface area contributed by atoms with Crippen molar-refractivity contribution in [1.82, 2.24) is 5.32 Å². The van der Waals surface area contributed by atoms with E-state index in [9.17, 15) is 23.9 Å². The molecule has 8 heteroatoms. The molecule has 142 valence electrons. The van der Waals surface area contributed by atoms with E-state index in [0.29, 0.717) is 17.7 Å². The third-order valence-electron chi connectivity index (χ3n) is 3.88. The van der Waals surface area contributed by atoms with Gasteiger partial charge in [-0.3, -0.25) is 9.59 Å². The maximum atomic E-state index is 14.2. The lowest BCUT2D eigenvalue weighted by atomic mass is 9.99. The second-order valence-corrected chi connectivity index (χ2v) is 7.15. The van der Waals surface area contributed by atoms with Crippen molar-refractivity contribution in [3.05, 3.63) is 29.1 Å². The van der Waals surface area contributed by atoms with Gasteiger partial charge < -0.3 is 20.5 Å². The minimum atomic E-state index is -1.22. The molecule has 1 atom stereocenters. The molecule has 7 nitrogen and oxygen atoms in total. The fraction of sp³-hybridized carbons (Fsp3) is 0.500. The van der Waals surface area contributed by atoms with Crippen LogP contribution >= 0.6 is 0 Å². The number of carbonyl (C=O) groups excluding carboxylic acids is 2. The molecule has 2 amide bonds. The number of carboxylic acid groups (broad SMARTS) is 1. The van der Waals surface area contributed by atoms with Crippen molar-refractivity contribution in [3.63, 3.8) is 0 Å². The van der Waals surface area contributed by atoms with E-state index >= 15 is 0 Å². The fourth-order valence-electron chi connectivity index (χ4n) is 2.55. The molecule has 1 aliphatic rings. The number of hydrogen-bond acceptors (Lipinski definition) is 4. The van der Waals surface area contributed by atoms with Crippen LogP contribution in [0.2, 0.25) is 0 Å². The molecular weight excluding hydrogens is 343 g/mol. The average Bonchev–Trinajstić information content (AvgIpc) is 2.51. The first kappa shape index (κ1) is 19.8. The third kappa shape index (κ3) is 5.26. The maximum Gasteiger partial charge on any atom is 0.326 e. The van der Waals surface area contributed by atoms with Crippen molar-refractivity contribution in [2.45, 2.75) is 51.7 Å². The van der Waals surface area contributed by atoms with Gasteiger partial charge in [-0.1, -0.05) is 0 Å². The fourth-order valence-corrected chi connectivity index (χ4v) is 2.55. The van der Waals surface area contributed by atoms with Crippen LogP contribution in [-0.4, -0.2) is 41.1 Å². The Morgan fingerprint density at radius 3 is 2.65 bits per heavy atom. The number of halogens is 1. The Morgan fingerprint density at radius 1 is 1.35 bits per heavy atom. The van der Waals surface area contributed by atoms with Crippen LogP contribution in [0.1, 0.15) is 49.5 Å². The van der Waals surface area contributed by atoms with E-state index < -0.39 is 29.3 Å². The summed E-state index contributed by atoms with van der Waals surface area (Å²) in [7, 11) is 0. The molecule has 0 aliphatic carbocycles. The van der Waals surface area contributed by atoms with Gasteiger partial charge in [0.2, 0.25) is 5.91 Å². The highest BCUT2D eigenvalue weighted by Crippen LogP contribution is 2.26. The number of nitrogens with one attached hydrogen (secondary N) is 2. The van der Waals surface area contributed by atoms with Crippen LogP contribution < -0.4 is 10.6 Å². The summed E-state index contributed by atoms with van der Waals surface area (Å²) >= 11 is 0. The van der Waals surface area contributed by atoms with Crippen molar-refractivity contribution >= 4 is 23.5 Å². The van der Waals surface area contributed by atoms with Gasteiger partial charge in [0.25, 0.3) is 5.91 Å². The Morgan fingerprint density at radius 2 is 2.04 bits per heavy atom. The Hall–Kier alpha value is -2.48. The van der Waals surface area contributed by atoms with E-state index in [0.717, 1.165) is 6.07 Å². The summed E-state index contributed by atoms with van der Waals surface area (Å²) < 4.78 is 19.7. The molecule has 1 aromatic rings. The summed E-state index contributed by atoms with van der Waals surface area (Å²) in [6, 6.07) is 1.24. The van der Waals surface area contributed by atoms with Crippen LogP contribution in [0.4, 0.5) is 10.1 Å². The molecule has 1 aromatic carbocycles. The zero-order valence-electron chi connectivity index (χ0n) is 15.0. The van der Waals surface area contributed by atoms with Gasteiger partial charge in [-0.15, -0.1) is 0 Å². The van der Waals surface area contributed by atoms with E-state index in [1.54, 1.807) is 0 Å². The standard InChI is InChI=1S/C18H23FN2O5/c1-18(2,3)26-7-6-13(17(24)25)21-16(23)11-8-10-4-5-15(22)20-14(10)9-12(11)19/h8-9,13H,4-7H2,1-3H3,(H,20,22)(H,21,23)(H,24,25). The first-order valence-corrected chi connectivity index (χ1v) is 8.37. The van der Waals surface area contributed by atoms with E-state index in [-0.39, 0.29) is 30.9 Å². The Balaban J connectivity index is 2.09. The molecule has 0 fully saturated rings. The number of ether oxygens (including phenoxy) is 1. The summed E-state index contributed by atoms with van der Waals surface area (Å²) in [5.74, 6) is -3.07. The van der Waals surface area contributed by atoms with Gasteiger partial charge in [0, 0.05) is 25.1 Å². The quantitative estimate of drug-likeness (QED) is 0.715. The van der Waals surface area contributed by atoms with Crippen LogP contribution in [0, 0.1) is 5.82 Å². The van der Waals surface area contributed by atoms with E-state index in [1.807, 2.05) is 20.8 Å². The number of anilines is 1. The largest absolute Gasteiger partial charge is 0.480 e. The monoisotopic (exact) mass is 366 g/mol. The Bertz CT molecular complexity index is 727. The molecule has 2 rings (SSSR count). The Kier molecular flexibility index (Phi) is 5.97. The highest BCUT2D eigenvalue weighted by Gasteiger charge is 2.25. The molecule has 0 saturated carbocycles. The topological polar surface area (TPSA) is 105 Å².